The Morgan fingerprint density at radius 3 is 2.63 bits per heavy atom. The van der Waals surface area contributed by atoms with Gasteiger partial charge in [0.1, 0.15) is 11.3 Å². The molecule has 4 N–H and O–H groups in total. The van der Waals surface area contributed by atoms with Gasteiger partial charge in [-0.05, 0) is 61.8 Å². The summed E-state index contributed by atoms with van der Waals surface area (Å²) in [6.45, 7) is 0.650. The number of anilines is 1. The molecular weight excluding hydrogens is 444 g/mol. The average Bonchev–Trinajstić information content (AvgIpc) is 2.91. The van der Waals surface area contributed by atoms with E-state index in [-0.39, 0.29) is 5.91 Å². The van der Waals surface area contributed by atoms with Crippen LogP contribution in [0.1, 0.15) is 59.2 Å². The van der Waals surface area contributed by atoms with Crippen LogP contribution in [0, 0.1) is 5.41 Å². The molecule has 1 aromatic heterocycles. The number of nitrogens with zero attached hydrogens (tertiary/aromatic N) is 1. The lowest BCUT2D eigenvalue weighted by atomic mass is 9.84. The van der Waals surface area contributed by atoms with Crippen molar-refractivity contribution in [2.24, 2.45) is 0 Å². The van der Waals surface area contributed by atoms with Gasteiger partial charge in [-0.25, -0.2) is 15.3 Å². The van der Waals surface area contributed by atoms with Crippen molar-refractivity contribution in [3.8, 4) is 17.0 Å². The first-order valence-electron chi connectivity index (χ1n) is 12.1. The topological polar surface area (TPSA) is 120 Å². The fraction of sp³-hybridized carbons (Fsp3) is 0.370. The summed E-state index contributed by atoms with van der Waals surface area (Å²) in [5.41, 5.74) is 15.3. The van der Waals surface area contributed by atoms with E-state index in [2.05, 4.69) is 5.48 Å². The lowest BCUT2D eigenvalue weighted by Gasteiger charge is -2.24. The van der Waals surface area contributed by atoms with Gasteiger partial charge >= 0.3 is 0 Å². The van der Waals surface area contributed by atoms with Gasteiger partial charge in [0, 0.05) is 53.1 Å². The average molecular weight is 475 g/mol. The first kappa shape index (κ1) is 23.3. The Balaban J connectivity index is 1.50. The van der Waals surface area contributed by atoms with Crippen LogP contribution in [0.4, 0.5) is 5.69 Å². The third kappa shape index (κ3) is 4.47. The maximum atomic E-state index is 12.6. The molecule has 1 aliphatic carbocycles. The number of fused-ring (bicyclic) bond motifs is 3. The van der Waals surface area contributed by atoms with Crippen LogP contribution >= 0.6 is 0 Å². The van der Waals surface area contributed by atoms with Crippen LogP contribution in [-0.4, -0.2) is 37.1 Å². The number of rotatable bonds is 6. The predicted molar refractivity (Wildman–Crippen MR) is 135 cm³/mol. The molecule has 5 rings (SSSR count). The molecule has 0 bridgehead atoms. The Bertz CT molecular complexity index is 1270. The van der Waals surface area contributed by atoms with Crippen LogP contribution < -0.4 is 16.0 Å². The first-order valence-corrected chi connectivity index (χ1v) is 12.1. The second-order valence-electron chi connectivity index (χ2n) is 9.00. The van der Waals surface area contributed by atoms with E-state index in [4.69, 9.17) is 30.4 Å². The number of methoxy groups -OCH3 is 1. The number of nitrogens with two attached hydrogens (primary N) is 1. The van der Waals surface area contributed by atoms with E-state index in [0.29, 0.717) is 34.7 Å². The van der Waals surface area contributed by atoms with E-state index in [9.17, 15) is 4.79 Å². The monoisotopic (exact) mass is 474 g/mol. The lowest BCUT2D eigenvalue weighted by Crippen LogP contribution is -2.33. The minimum Gasteiger partial charge on any atom is -0.494 e. The summed E-state index contributed by atoms with van der Waals surface area (Å²) in [4.78, 5) is 23.0. The van der Waals surface area contributed by atoms with Crippen molar-refractivity contribution in [3.05, 3.63) is 52.6 Å². The molecule has 3 aromatic rings. The Morgan fingerprint density at radius 1 is 1.17 bits per heavy atom. The third-order valence-electron chi connectivity index (χ3n) is 6.82. The van der Waals surface area contributed by atoms with Crippen LogP contribution in [0.3, 0.4) is 0 Å². The quantitative estimate of drug-likeness (QED) is 0.274. The second kappa shape index (κ2) is 10.0. The summed E-state index contributed by atoms with van der Waals surface area (Å²) in [7, 11) is 1.60. The van der Waals surface area contributed by atoms with Crippen molar-refractivity contribution in [2.75, 3.05) is 19.5 Å². The highest BCUT2D eigenvalue weighted by molar-refractivity contribution is 6.07. The number of ether oxygens (including phenoxy) is 2. The molecular formula is C27H30N4O4. The minimum absolute atomic E-state index is 0.313. The zero-order valence-electron chi connectivity index (χ0n) is 19.9. The summed E-state index contributed by atoms with van der Waals surface area (Å²) < 4.78 is 11.1. The van der Waals surface area contributed by atoms with Gasteiger partial charge in [-0.1, -0.05) is 12.1 Å². The highest BCUT2D eigenvalue weighted by Crippen LogP contribution is 2.41. The van der Waals surface area contributed by atoms with Gasteiger partial charge in [-0.3, -0.25) is 4.79 Å². The lowest BCUT2D eigenvalue weighted by molar-refractivity contribution is -0.186. The number of amides is 1. The smallest absolute Gasteiger partial charge is 0.274 e. The van der Waals surface area contributed by atoms with Gasteiger partial charge in [0.15, 0.2) is 6.29 Å². The number of carbonyl (C=O) groups is 1. The summed E-state index contributed by atoms with van der Waals surface area (Å²) in [6, 6.07) is 9.12. The van der Waals surface area contributed by atoms with Crippen molar-refractivity contribution >= 4 is 28.7 Å². The normalized spacial score (nSPS) is 17.6. The van der Waals surface area contributed by atoms with E-state index >= 15 is 0 Å². The highest BCUT2D eigenvalue weighted by Gasteiger charge is 2.24. The van der Waals surface area contributed by atoms with Crippen LogP contribution in [0.5, 0.6) is 5.75 Å². The van der Waals surface area contributed by atoms with Gasteiger partial charge in [0.2, 0.25) is 0 Å². The predicted octanol–water partition coefficient (Wildman–Crippen LogP) is 4.56. The van der Waals surface area contributed by atoms with Crippen LogP contribution in [0.15, 0.2) is 30.3 Å². The maximum Gasteiger partial charge on any atom is 0.274 e. The van der Waals surface area contributed by atoms with E-state index in [1.165, 1.54) is 17.3 Å². The number of hydrogen-bond acceptors (Lipinski definition) is 7. The van der Waals surface area contributed by atoms with Gasteiger partial charge in [-0.2, -0.15) is 0 Å². The van der Waals surface area contributed by atoms with Crippen molar-refractivity contribution in [1.82, 2.24) is 10.5 Å². The van der Waals surface area contributed by atoms with E-state index in [1.807, 2.05) is 12.1 Å². The summed E-state index contributed by atoms with van der Waals surface area (Å²) in [6.07, 6.45) is 7.68. The number of pyridine rings is 1. The van der Waals surface area contributed by atoms with E-state index in [1.54, 1.807) is 25.3 Å². The molecule has 1 aliphatic heterocycles. The Labute approximate surface area is 204 Å². The maximum absolute atomic E-state index is 12.6. The molecule has 2 aliphatic rings. The molecule has 182 valence electrons. The van der Waals surface area contributed by atoms with Crippen LogP contribution in [0.2, 0.25) is 0 Å². The molecule has 0 saturated carbocycles. The van der Waals surface area contributed by atoms with Gasteiger partial charge in [-0.15, -0.1) is 0 Å². The fourth-order valence-electron chi connectivity index (χ4n) is 5.03. The molecule has 1 fully saturated rings. The minimum atomic E-state index is -0.393. The van der Waals surface area contributed by atoms with Crippen LogP contribution in [-0.2, 0) is 22.4 Å². The number of carbonyl (C=O) groups excluding carboxylic acids is 1. The fourth-order valence-corrected chi connectivity index (χ4v) is 5.03. The molecule has 1 saturated heterocycles. The second-order valence-corrected chi connectivity index (χ2v) is 9.00. The molecule has 1 amide bonds. The molecule has 35 heavy (non-hydrogen) atoms. The number of aryl methyl sites for hydroxylation is 1. The number of hydrogen-bond donors (Lipinski definition) is 3. The number of aromatic nitrogens is 1. The van der Waals surface area contributed by atoms with Gasteiger partial charge < -0.3 is 20.6 Å². The van der Waals surface area contributed by atoms with Crippen molar-refractivity contribution in [2.45, 2.75) is 51.2 Å². The van der Waals surface area contributed by atoms with E-state index in [0.717, 1.165) is 61.6 Å². The zero-order chi connectivity index (χ0) is 24.4. The summed E-state index contributed by atoms with van der Waals surface area (Å²) >= 11 is 0. The SMILES string of the molecule is COc1cc(N)c(C=N)c2c3c(c(-c4ccc(C(=O)NOC5CCCCO5)cc4)nc12)CCCC3. The van der Waals surface area contributed by atoms with Crippen LogP contribution in [0.25, 0.3) is 22.2 Å². The number of nitrogens with one attached hydrogen (secondary N) is 2. The van der Waals surface area contributed by atoms with E-state index < -0.39 is 6.29 Å². The molecule has 8 heteroatoms. The molecule has 1 atom stereocenters. The Morgan fingerprint density at radius 2 is 1.94 bits per heavy atom. The van der Waals surface area contributed by atoms with Gasteiger partial charge in [0.05, 0.1) is 12.8 Å². The summed E-state index contributed by atoms with van der Waals surface area (Å²) in [5, 5.41) is 8.87. The zero-order valence-corrected chi connectivity index (χ0v) is 19.9. The van der Waals surface area contributed by atoms with Crippen molar-refractivity contribution in [3.63, 3.8) is 0 Å². The number of benzene rings is 2. The molecule has 2 heterocycles. The van der Waals surface area contributed by atoms with Crippen molar-refractivity contribution in [1.29, 1.82) is 5.41 Å². The molecule has 1 unspecified atom stereocenters. The largest absolute Gasteiger partial charge is 0.494 e. The molecule has 0 spiro atoms. The molecule has 2 aromatic carbocycles. The molecule has 0 radical (unpaired) electrons. The Hall–Kier alpha value is -3.49. The Kier molecular flexibility index (Phi) is 6.66. The third-order valence-corrected chi connectivity index (χ3v) is 6.82. The van der Waals surface area contributed by atoms with Crippen molar-refractivity contribution < 1.29 is 19.1 Å². The highest BCUT2D eigenvalue weighted by atomic mass is 16.8. The number of hydroxylamine groups is 1. The summed E-state index contributed by atoms with van der Waals surface area (Å²) in [5.74, 6) is 0.280. The first-order chi connectivity index (χ1) is 17.1. The van der Waals surface area contributed by atoms with Gasteiger partial charge in [0.25, 0.3) is 5.91 Å². The number of nitrogen functional groups attached to an aromatic ring is 1. The molecule has 8 nitrogen and oxygen atoms in total. The standard InChI is InChI=1S/C27H30N4O4/c1-33-22-14-21(29)20(15-28)24-18-6-2-3-7-19(18)25(30-26(22)24)16-9-11-17(12-10-16)27(32)31-35-23-8-4-5-13-34-23/h9-12,14-15,23,28H,2-8,13,29H2,1H3,(H,31,32).